The maximum Gasteiger partial charge on any atom is 0.0991 e. The van der Waals surface area contributed by atoms with Crippen molar-refractivity contribution in [3.05, 3.63) is 95.6 Å². The van der Waals surface area contributed by atoms with Gasteiger partial charge < -0.3 is 0 Å². The summed E-state index contributed by atoms with van der Waals surface area (Å²) in [4.78, 5) is 0. The summed E-state index contributed by atoms with van der Waals surface area (Å²) in [6.45, 7) is 4.24. The van der Waals surface area contributed by atoms with Crippen molar-refractivity contribution in [2.45, 2.75) is 13.8 Å². The van der Waals surface area contributed by atoms with Gasteiger partial charge in [-0.3, -0.25) is 0 Å². The summed E-state index contributed by atoms with van der Waals surface area (Å²) < 4.78 is 2.63. The van der Waals surface area contributed by atoms with Crippen LogP contribution in [0.2, 0.25) is 0 Å². The Labute approximate surface area is 174 Å². The van der Waals surface area contributed by atoms with Gasteiger partial charge in [-0.15, -0.1) is 11.3 Å². The summed E-state index contributed by atoms with van der Waals surface area (Å²) in [5.41, 5.74) is 7.88. The molecule has 0 N–H and O–H groups in total. The molecule has 1 aromatic heterocycles. The molecule has 0 aliphatic rings. The first-order valence-corrected chi connectivity index (χ1v) is 10.5. The first-order valence-electron chi connectivity index (χ1n) is 9.68. The zero-order valence-electron chi connectivity index (χ0n) is 16.4. The summed E-state index contributed by atoms with van der Waals surface area (Å²) in [7, 11) is 0. The summed E-state index contributed by atoms with van der Waals surface area (Å²) in [6, 6.07) is 30.1. The third kappa shape index (κ3) is 2.92. The number of fused-ring (bicyclic) bond motifs is 3. The SMILES string of the molecule is Cc1ccc(C#N)cc1-c1cc(-c2cccc3sc4ccccc4c23)ccc1C. The third-order valence-electron chi connectivity index (χ3n) is 5.61. The average Bonchev–Trinajstić information content (AvgIpc) is 3.13. The van der Waals surface area contributed by atoms with E-state index in [0.717, 1.165) is 5.56 Å². The Balaban J connectivity index is 1.78. The first kappa shape index (κ1) is 17.7. The molecule has 0 aliphatic carbocycles. The fourth-order valence-electron chi connectivity index (χ4n) is 4.08. The highest BCUT2D eigenvalue weighted by Gasteiger charge is 2.13. The average molecular weight is 390 g/mol. The quantitative estimate of drug-likeness (QED) is 0.301. The molecule has 5 aromatic rings. The summed E-state index contributed by atoms with van der Waals surface area (Å²) in [6.07, 6.45) is 0. The lowest BCUT2D eigenvalue weighted by molar-refractivity contribution is 1.39. The van der Waals surface area contributed by atoms with Crippen molar-refractivity contribution < 1.29 is 0 Å². The highest BCUT2D eigenvalue weighted by Crippen LogP contribution is 2.41. The van der Waals surface area contributed by atoms with E-state index in [1.165, 1.54) is 48.0 Å². The summed E-state index contributed by atoms with van der Waals surface area (Å²) in [5, 5.41) is 12.0. The standard InChI is InChI=1S/C27H19NS/c1-17-10-12-19(16-28)14-23(17)24-15-20(13-11-18(24)2)21-7-5-9-26-27(21)22-6-3-4-8-25(22)29-26/h3-15H,1-2H3. The molecule has 0 spiro atoms. The van der Waals surface area contributed by atoms with Crippen LogP contribution in [0.15, 0.2) is 78.9 Å². The van der Waals surface area contributed by atoms with Crippen LogP contribution in [-0.2, 0) is 0 Å². The predicted octanol–water partition coefficient (Wildman–Crippen LogP) is 7.88. The highest BCUT2D eigenvalue weighted by atomic mass is 32.1. The van der Waals surface area contributed by atoms with Gasteiger partial charge in [0, 0.05) is 20.2 Å². The predicted molar refractivity (Wildman–Crippen MR) is 124 cm³/mol. The lowest BCUT2D eigenvalue weighted by atomic mass is 9.91. The molecule has 29 heavy (non-hydrogen) atoms. The minimum atomic E-state index is 0.696. The van der Waals surface area contributed by atoms with Crippen molar-refractivity contribution in [1.82, 2.24) is 0 Å². The van der Waals surface area contributed by atoms with E-state index in [9.17, 15) is 5.26 Å². The Kier molecular flexibility index (Phi) is 4.19. The maximum absolute atomic E-state index is 9.35. The minimum Gasteiger partial charge on any atom is -0.192 e. The number of hydrogen-bond donors (Lipinski definition) is 0. The second-order valence-corrected chi connectivity index (χ2v) is 8.53. The normalized spacial score (nSPS) is 11.1. The van der Waals surface area contributed by atoms with E-state index >= 15 is 0 Å². The lowest BCUT2D eigenvalue weighted by Gasteiger charge is -2.13. The zero-order chi connectivity index (χ0) is 20.0. The Morgan fingerprint density at radius 2 is 1.41 bits per heavy atom. The fraction of sp³-hybridized carbons (Fsp3) is 0.0741. The highest BCUT2D eigenvalue weighted by molar-refractivity contribution is 7.25. The molecule has 0 atom stereocenters. The molecule has 0 radical (unpaired) electrons. The summed E-state index contributed by atoms with van der Waals surface area (Å²) in [5.74, 6) is 0. The molecule has 0 saturated heterocycles. The van der Waals surface area contributed by atoms with E-state index in [4.69, 9.17) is 0 Å². The van der Waals surface area contributed by atoms with E-state index in [1.54, 1.807) is 0 Å². The second-order valence-electron chi connectivity index (χ2n) is 7.45. The largest absolute Gasteiger partial charge is 0.192 e. The van der Waals surface area contributed by atoms with Crippen LogP contribution in [0.4, 0.5) is 0 Å². The Morgan fingerprint density at radius 3 is 2.24 bits per heavy atom. The number of nitriles is 1. The zero-order valence-corrected chi connectivity index (χ0v) is 17.2. The molecule has 1 heterocycles. The molecule has 138 valence electrons. The van der Waals surface area contributed by atoms with E-state index in [2.05, 4.69) is 80.6 Å². The lowest BCUT2D eigenvalue weighted by Crippen LogP contribution is -1.90. The van der Waals surface area contributed by atoms with Crippen LogP contribution in [0.5, 0.6) is 0 Å². The van der Waals surface area contributed by atoms with Crippen molar-refractivity contribution in [2.75, 3.05) is 0 Å². The van der Waals surface area contributed by atoms with E-state index in [1.807, 2.05) is 29.5 Å². The van der Waals surface area contributed by atoms with Crippen LogP contribution < -0.4 is 0 Å². The topological polar surface area (TPSA) is 23.8 Å². The van der Waals surface area contributed by atoms with Gasteiger partial charge in [0.15, 0.2) is 0 Å². The van der Waals surface area contributed by atoms with Gasteiger partial charge in [0.2, 0.25) is 0 Å². The molecule has 0 bridgehead atoms. The van der Waals surface area contributed by atoms with Gasteiger partial charge in [0.05, 0.1) is 11.6 Å². The van der Waals surface area contributed by atoms with Crippen LogP contribution in [0.25, 0.3) is 42.4 Å². The van der Waals surface area contributed by atoms with E-state index in [-0.39, 0.29) is 0 Å². The van der Waals surface area contributed by atoms with Gasteiger partial charge >= 0.3 is 0 Å². The van der Waals surface area contributed by atoms with Gasteiger partial charge in [-0.05, 0) is 77.6 Å². The fourth-order valence-corrected chi connectivity index (χ4v) is 5.21. The number of benzene rings is 4. The molecule has 0 amide bonds. The Hall–Kier alpha value is -3.41. The number of nitrogens with zero attached hydrogens (tertiary/aromatic N) is 1. The molecule has 4 aromatic carbocycles. The van der Waals surface area contributed by atoms with Crippen LogP contribution in [0, 0.1) is 25.2 Å². The molecule has 2 heteroatoms. The Bertz CT molecular complexity index is 1430. The smallest absolute Gasteiger partial charge is 0.0991 e. The monoisotopic (exact) mass is 389 g/mol. The minimum absolute atomic E-state index is 0.696. The molecule has 0 saturated carbocycles. The molecule has 0 aliphatic heterocycles. The van der Waals surface area contributed by atoms with Gasteiger partial charge in [0.25, 0.3) is 0 Å². The number of hydrogen-bond acceptors (Lipinski definition) is 2. The Morgan fingerprint density at radius 1 is 0.690 bits per heavy atom. The molecule has 5 rings (SSSR count). The van der Waals surface area contributed by atoms with Crippen LogP contribution in [0.3, 0.4) is 0 Å². The number of aryl methyl sites for hydroxylation is 2. The number of thiophene rings is 1. The van der Waals surface area contributed by atoms with E-state index < -0.39 is 0 Å². The first-order chi connectivity index (χ1) is 14.2. The molecule has 0 unspecified atom stereocenters. The van der Waals surface area contributed by atoms with Crippen LogP contribution in [0.1, 0.15) is 16.7 Å². The van der Waals surface area contributed by atoms with Crippen LogP contribution in [-0.4, -0.2) is 0 Å². The van der Waals surface area contributed by atoms with Gasteiger partial charge in [-0.25, -0.2) is 0 Å². The summed E-state index contributed by atoms with van der Waals surface area (Å²) >= 11 is 1.85. The molecule has 0 fully saturated rings. The van der Waals surface area contributed by atoms with Crippen molar-refractivity contribution in [1.29, 1.82) is 5.26 Å². The van der Waals surface area contributed by atoms with Gasteiger partial charge in [0.1, 0.15) is 0 Å². The molecular formula is C27H19NS. The van der Waals surface area contributed by atoms with E-state index in [0.29, 0.717) is 5.56 Å². The molecule has 1 nitrogen and oxygen atoms in total. The second kappa shape index (κ2) is 6.88. The van der Waals surface area contributed by atoms with Crippen molar-refractivity contribution in [3.63, 3.8) is 0 Å². The van der Waals surface area contributed by atoms with Crippen LogP contribution >= 0.6 is 11.3 Å². The van der Waals surface area contributed by atoms with Gasteiger partial charge in [-0.2, -0.15) is 5.26 Å². The van der Waals surface area contributed by atoms with Crippen molar-refractivity contribution in [3.8, 4) is 28.3 Å². The van der Waals surface area contributed by atoms with Gasteiger partial charge in [-0.1, -0.05) is 48.5 Å². The van der Waals surface area contributed by atoms with Crippen molar-refractivity contribution >= 4 is 31.5 Å². The molecular weight excluding hydrogens is 370 g/mol. The number of rotatable bonds is 2. The third-order valence-corrected chi connectivity index (χ3v) is 6.74. The van der Waals surface area contributed by atoms with Crippen molar-refractivity contribution in [2.24, 2.45) is 0 Å². The maximum atomic E-state index is 9.35.